The Balaban J connectivity index is 2.21. The second-order valence-electron chi connectivity index (χ2n) is 7.56. The van der Waals surface area contributed by atoms with Gasteiger partial charge in [-0.1, -0.05) is 0 Å². The van der Waals surface area contributed by atoms with E-state index in [1.807, 2.05) is 0 Å². The number of carbonyl (C=O) groups excluding carboxylic acids is 1. The Kier molecular flexibility index (Phi) is 8.66. The van der Waals surface area contributed by atoms with Crippen LogP contribution in [0.4, 0.5) is 13.2 Å². The Bertz CT molecular complexity index is 468. The average Bonchev–Trinajstić information content (AvgIpc) is 2.49. The van der Waals surface area contributed by atoms with Gasteiger partial charge in [-0.3, -0.25) is 14.7 Å². The van der Waals surface area contributed by atoms with E-state index in [1.165, 1.54) is 4.90 Å². The van der Waals surface area contributed by atoms with Gasteiger partial charge in [0.05, 0.1) is 6.54 Å². The number of ether oxygens (including phenoxy) is 1. The molecular weight excluding hydrogens is 349 g/mol. The summed E-state index contributed by atoms with van der Waals surface area (Å²) < 4.78 is 42.4. The number of likely N-dealkylation sites (tertiary alicyclic amines) is 1. The number of hydrogen-bond acceptors (Lipinski definition) is 4. The van der Waals surface area contributed by atoms with E-state index in [4.69, 9.17) is 4.74 Å². The Morgan fingerprint density at radius 3 is 2.31 bits per heavy atom. The highest BCUT2D eigenvalue weighted by molar-refractivity contribution is 5.84. The molecule has 1 aliphatic rings. The van der Waals surface area contributed by atoms with Gasteiger partial charge in [0.15, 0.2) is 5.96 Å². The first-order chi connectivity index (χ1) is 12.0. The monoisotopic (exact) mass is 380 g/mol. The molecule has 0 spiro atoms. The minimum absolute atomic E-state index is 0.0206. The fourth-order valence-electron chi connectivity index (χ4n) is 2.84. The molecule has 0 radical (unpaired) electrons. The predicted octanol–water partition coefficient (Wildman–Crippen LogP) is 2.16. The molecule has 0 amide bonds. The number of nitrogens with one attached hydrogen (secondary N) is 2. The van der Waals surface area contributed by atoms with Crippen LogP contribution in [-0.4, -0.2) is 68.4 Å². The van der Waals surface area contributed by atoms with Crippen molar-refractivity contribution < 1.29 is 22.7 Å². The summed E-state index contributed by atoms with van der Waals surface area (Å²) >= 11 is 0. The van der Waals surface area contributed by atoms with Crippen LogP contribution in [-0.2, 0) is 9.53 Å². The molecular formula is C17H31F3N4O2. The number of aliphatic imine (C=N–C) groups is 1. The van der Waals surface area contributed by atoms with Gasteiger partial charge in [-0.15, -0.1) is 0 Å². The molecule has 1 heterocycles. The molecule has 0 unspecified atom stereocenters. The van der Waals surface area contributed by atoms with Crippen LogP contribution in [0.2, 0.25) is 0 Å². The highest BCUT2D eigenvalue weighted by atomic mass is 19.4. The molecule has 1 rings (SSSR count). The summed E-state index contributed by atoms with van der Waals surface area (Å²) in [5.41, 5.74) is -0.531. The fourth-order valence-corrected chi connectivity index (χ4v) is 2.84. The minimum Gasteiger partial charge on any atom is -0.459 e. The van der Waals surface area contributed by atoms with Crippen molar-refractivity contribution in [2.75, 3.05) is 39.8 Å². The molecule has 26 heavy (non-hydrogen) atoms. The molecule has 2 N–H and O–H groups in total. The lowest BCUT2D eigenvalue weighted by molar-refractivity contribution is -0.153. The molecule has 0 saturated carbocycles. The van der Waals surface area contributed by atoms with Gasteiger partial charge in [-0.25, -0.2) is 0 Å². The topological polar surface area (TPSA) is 66.0 Å². The molecule has 0 aromatic heterocycles. The summed E-state index contributed by atoms with van der Waals surface area (Å²) in [5, 5.41) is 6.02. The molecule has 0 aromatic rings. The fraction of sp³-hybridized carbons (Fsp3) is 0.882. The third-order valence-electron chi connectivity index (χ3n) is 4.00. The Labute approximate surface area is 153 Å². The van der Waals surface area contributed by atoms with E-state index < -0.39 is 18.3 Å². The second-order valence-corrected chi connectivity index (χ2v) is 7.56. The molecule has 9 heteroatoms. The van der Waals surface area contributed by atoms with Crippen molar-refractivity contribution in [2.24, 2.45) is 10.9 Å². The zero-order valence-corrected chi connectivity index (χ0v) is 16.1. The van der Waals surface area contributed by atoms with Crippen LogP contribution in [0.25, 0.3) is 0 Å². The van der Waals surface area contributed by atoms with Gasteiger partial charge in [0, 0.05) is 13.6 Å². The predicted molar refractivity (Wildman–Crippen MR) is 95.0 cm³/mol. The van der Waals surface area contributed by atoms with E-state index in [-0.39, 0.29) is 12.5 Å². The molecule has 0 aromatic carbocycles. The van der Waals surface area contributed by atoms with E-state index in [0.717, 1.165) is 19.3 Å². The number of carbonyl (C=O) groups is 1. The van der Waals surface area contributed by atoms with Crippen molar-refractivity contribution in [3.63, 3.8) is 0 Å². The van der Waals surface area contributed by atoms with Crippen molar-refractivity contribution in [3.05, 3.63) is 0 Å². The van der Waals surface area contributed by atoms with Gasteiger partial charge >= 0.3 is 12.1 Å². The number of rotatable bonds is 6. The number of piperidine rings is 1. The zero-order valence-electron chi connectivity index (χ0n) is 16.1. The van der Waals surface area contributed by atoms with Crippen molar-refractivity contribution in [3.8, 4) is 0 Å². The molecule has 0 bridgehead atoms. The quantitative estimate of drug-likeness (QED) is 0.420. The van der Waals surface area contributed by atoms with E-state index in [0.29, 0.717) is 31.5 Å². The Hall–Kier alpha value is -1.51. The standard InChI is InChI=1S/C17H31F3N4O2/c1-16(2,3)26-14(25)11-23-15(21-4)22-8-5-13-6-9-24(10-7-13)12-17(18,19)20/h13H,5-12H2,1-4H3,(H2,21,22,23). The van der Waals surface area contributed by atoms with Crippen molar-refractivity contribution in [2.45, 2.75) is 51.8 Å². The number of halogens is 3. The molecule has 152 valence electrons. The molecule has 6 nitrogen and oxygen atoms in total. The Morgan fingerprint density at radius 1 is 1.19 bits per heavy atom. The first-order valence-corrected chi connectivity index (χ1v) is 8.94. The first kappa shape index (κ1) is 22.5. The number of esters is 1. The molecule has 0 aliphatic carbocycles. The molecule has 0 atom stereocenters. The van der Waals surface area contributed by atoms with Crippen LogP contribution >= 0.6 is 0 Å². The number of hydrogen-bond donors (Lipinski definition) is 2. The summed E-state index contributed by atoms with van der Waals surface area (Å²) in [6, 6.07) is 0. The maximum atomic E-state index is 12.4. The van der Waals surface area contributed by atoms with Gasteiger partial charge < -0.3 is 15.4 Å². The maximum absolute atomic E-state index is 12.4. The Morgan fingerprint density at radius 2 is 1.81 bits per heavy atom. The smallest absolute Gasteiger partial charge is 0.401 e. The summed E-state index contributed by atoms with van der Waals surface area (Å²) in [7, 11) is 1.61. The molecule has 1 saturated heterocycles. The number of guanidine groups is 1. The number of alkyl halides is 3. The summed E-state index contributed by atoms with van der Waals surface area (Å²) in [5.74, 6) is 0.541. The lowest BCUT2D eigenvalue weighted by Crippen LogP contribution is -2.43. The van der Waals surface area contributed by atoms with Crippen molar-refractivity contribution in [1.82, 2.24) is 15.5 Å². The van der Waals surface area contributed by atoms with Crippen LogP contribution in [0.3, 0.4) is 0 Å². The third kappa shape index (κ3) is 10.5. The highest BCUT2D eigenvalue weighted by Gasteiger charge is 2.32. The van der Waals surface area contributed by atoms with Crippen LogP contribution in [0.1, 0.15) is 40.0 Å². The van der Waals surface area contributed by atoms with Gasteiger partial charge in [0.1, 0.15) is 12.1 Å². The van der Waals surface area contributed by atoms with Crippen LogP contribution in [0, 0.1) is 5.92 Å². The van der Waals surface area contributed by atoms with E-state index in [2.05, 4.69) is 15.6 Å². The summed E-state index contributed by atoms with van der Waals surface area (Å²) in [4.78, 5) is 17.2. The second kappa shape index (κ2) is 9.99. The SMILES string of the molecule is CN=C(NCCC1CCN(CC(F)(F)F)CC1)NCC(=O)OC(C)(C)C. The zero-order chi connectivity index (χ0) is 19.8. The number of nitrogens with zero attached hydrogens (tertiary/aromatic N) is 2. The third-order valence-corrected chi connectivity index (χ3v) is 4.00. The highest BCUT2D eigenvalue weighted by Crippen LogP contribution is 2.23. The van der Waals surface area contributed by atoms with Crippen molar-refractivity contribution >= 4 is 11.9 Å². The molecule has 1 fully saturated rings. The summed E-state index contributed by atoms with van der Waals surface area (Å²) in [6.45, 7) is 6.23. The average molecular weight is 380 g/mol. The lowest BCUT2D eigenvalue weighted by atomic mass is 9.93. The normalized spacial score (nSPS) is 17.9. The van der Waals surface area contributed by atoms with Crippen LogP contribution in [0.15, 0.2) is 4.99 Å². The van der Waals surface area contributed by atoms with Crippen LogP contribution < -0.4 is 10.6 Å². The van der Waals surface area contributed by atoms with E-state index in [9.17, 15) is 18.0 Å². The largest absolute Gasteiger partial charge is 0.459 e. The van der Waals surface area contributed by atoms with Gasteiger partial charge in [0.25, 0.3) is 0 Å². The summed E-state index contributed by atoms with van der Waals surface area (Å²) in [6.07, 6.45) is -1.74. The maximum Gasteiger partial charge on any atom is 0.401 e. The minimum atomic E-state index is -4.12. The lowest BCUT2D eigenvalue weighted by Gasteiger charge is -2.32. The first-order valence-electron chi connectivity index (χ1n) is 8.94. The van der Waals surface area contributed by atoms with E-state index in [1.54, 1.807) is 27.8 Å². The molecule has 1 aliphatic heterocycles. The van der Waals surface area contributed by atoms with Crippen LogP contribution in [0.5, 0.6) is 0 Å². The van der Waals surface area contributed by atoms with Crippen molar-refractivity contribution in [1.29, 1.82) is 0 Å². The van der Waals surface area contributed by atoms with Gasteiger partial charge in [-0.05, 0) is 59.0 Å². The van der Waals surface area contributed by atoms with E-state index >= 15 is 0 Å². The van der Waals surface area contributed by atoms with Gasteiger partial charge in [0.2, 0.25) is 0 Å². The van der Waals surface area contributed by atoms with Gasteiger partial charge in [-0.2, -0.15) is 13.2 Å².